The van der Waals surface area contributed by atoms with Gasteiger partial charge in [0.25, 0.3) is 5.56 Å². The third-order valence-corrected chi connectivity index (χ3v) is 8.41. The lowest BCUT2D eigenvalue weighted by Gasteiger charge is -2.29. The van der Waals surface area contributed by atoms with Crippen molar-refractivity contribution in [1.29, 1.82) is 0 Å². The number of methoxy groups -OCH3 is 1. The number of hydrogen-bond donors (Lipinski definition) is 1. The molecule has 0 spiro atoms. The lowest BCUT2D eigenvalue weighted by molar-refractivity contribution is 0.0364. The molecule has 1 saturated heterocycles. The molecule has 1 aromatic carbocycles. The third kappa shape index (κ3) is 5.17. The number of nitrogens with zero attached hydrogens (tertiary/aromatic N) is 5. The van der Waals surface area contributed by atoms with Gasteiger partial charge >= 0.3 is 0 Å². The molecule has 0 saturated carbocycles. The van der Waals surface area contributed by atoms with E-state index >= 15 is 0 Å². The zero-order valence-electron chi connectivity index (χ0n) is 21.3. The fraction of sp³-hybridized carbons (Fsp3) is 0.542. The van der Waals surface area contributed by atoms with E-state index in [1.54, 1.807) is 13.1 Å². The first kappa shape index (κ1) is 26.3. The quantitative estimate of drug-likeness (QED) is 0.430. The smallest absolute Gasteiger partial charge is 0.277 e. The third-order valence-electron chi connectivity index (χ3n) is 6.44. The first-order valence-electron chi connectivity index (χ1n) is 12.2. The van der Waals surface area contributed by atoms with Gasteiger partial charge in [-0.1, -0.05) is 20.3 Å². The van der Waals surface area contributed by atoms with Gasteiger partial charge in [0.05, 0.1) is 36.5 Å². The normalized spacial score (nSPS) is 15.1. The Kier molecular flexibility index (Phi) is 8.08. The van der Waals surface area contributed by atoms with Gasteiger partial charge in [0, 0.05) is 39.8 Å². The van der Waals surface area contributed by atoms with Crippen molar-refractivity contribution in [3.8, 4) is 17.1 Å². The van der Waals surface area contributed by atoms with Gasteiger partial charge in [-0.25, -0.2) is 13.4 Å². The number of sulfonamides is 1. The molecular formula is C24H34N6O5S. The van der Waals surface area contributed by atoms with Crippen LogP contribution >= 0.6 is 0 Å². The molecule has 3 heterocycles. The average Bonchev–Trinajstić information content (AvgIpc) is 3.20. The molecule has 3 aromatic rings. The van der Waals surface area contributed by atoms with Gasteiger partial charge in [0.2, 0.25) is 10.0 Å². The number of morpholine rings is 1. The number of aryl methyl sites for hydroxylation is 2. The van der Waals surface area contributed by atoms with Crippen molar-refractivity contribution in [3.63, 3.8) is 0 Å². The maximum atomic E-state index is 13.6. The van der Waals surface area contributed by atoms with E-state index in [4.69, 9.17) is 14.5 Å². The number of likely N-dealkylation sites (N-methyl/N-ethyl adjacent to an activating group) is 1. The van der Waals surface area contributed by atoms with Crippen LogP contribution in [-0.4, -0.2) is 90.4 Å². The van der Waals surface area contributed by atoms with Crippen molar-refractivity contribution >= 4 is 21.1 Å². The summed E-state index contributed by atoms with van der Waals surface area (Å²) >= 11 is 0. The van der Waals surface area contributed by atoms with Crippen LogP contribution in [0, 0.1) is 0 Å². The Morgan fingerprint density at radius 1 is 1.22 bits per heavy atom. The number of fused-ring (bicyclic) bond motifs is 1. The minimum absolute atomic E-state index is 0.116. The zero-order valence-corrected chi connectivity index (χ0v) is 22.1. The van der Waals surface area contributed by atoms with Gasteiger partial charge in [0.1, 0.15) is 17.1 Å². The standard InChI is InChI=1S/C24H34N6O5S/c1-5-7-19-21-22(28(3)27-19)24(31)26-23(25-21)18-16-17(8-9-20(18)34-4)36(32,33)30(6-2)11-10-29-12-14-35-15-13-29/h8-9,16H,5-7,10-15H2,1-4H3,(H,25,26,31). The summed E-state index contributed by atoms with van der Waals surface area (Å²) in [6, 6.07) is 4.64. The highest BCUT2D eigenvalue weighted by Gasteiger charge is 2.26. The fourth-order valence-electron chi connectivity index (χ4n) is 4.49. The second kappa shape index (κ2) is 11.1. The lowest BCUT2D eigenvalue weighted by atomic mass is 10.1. The number of nitrogens with one attached hydrogen (secondary N) is 1. The van der Waals surface area contributed by atoms with Crippen LogP contribution in [0.2, 0.25) is 0 Å². The van der Waals surface area contributed by atoms with Gasteiger partial charge in [-0.3, -0.25) is 14.4 Å². The first-order valence-corrected chi connectivity index (χ1v) is 13.7. The van der Waals surface area contributed by atoms with Gasteiger partial charge in [-0.15, -0.1) is 0 Å². The number of aromatic nitrogens is 4. The van der Waals surface area contributed by atoms with Gasteiger partial charge in [-0.05, 0) is 24.6 Å². The highest BCUT2D eigenvalue weighted by Crippen LogP contribution is 2.31. The first-order chi connectivity index (χ1) is 17.3. The summed E-state index contributed by atoms with van der Waals surface area (Å²) in [5, 5.41) is 4.46. The van der Waals surface area contributed by atoms with Crippen LogP contribution in [0.25, 0.3) is 22.4 Å². The molecule has 4 rings (SSSR count). The number of ether oxygens (including phenoxy) is 2. The van der Waals surface area contributed by atoms with E-state index in [1.807, 2.05) is 13.8 Å². The Labute approximate surface area is 211 Å². The maximum absolute atomic E-state index is 13.6. The van der Waals surface area contributed by atoms with Crippen LogP contribution in [0.4, 0.5) is 0 Å². The average molecular weight is 519 g/mol. The summed E-state index contributed by atoms with van der Waals surface area (Å²) in [4.78, 5) is 22.7. The Balaban J connectivity index is 1.72. The molecule has 0 aliphatic carbocycles. The molecule has 0 bridgehead atoms. The number of rotatable bonds is 10. The van der Waals surface area contributed by atoms with Crippen molar-refractivity contribution in [3.05, 3.63) is 34.2 Å². The topological polar surface area (TPSA) is 123 Å². The number of H-pyrrole nitrogens is 1. The van der Waals surface area contributed by atoms with E-state index in [1.165, 1.54) is 28.2 Å². The van der Waals surface area contributed by atoms with Crippen LogP contribution in [-0.2, 0) is 28.2 Å². The molecule has 0 unspecified atom stereocenters. The van der Waals surface area contributed by atoms with E-state index in [2.05, 4.69) is 15.0 Å². The second-order valence-electron chi connectivity index (χ2n) is 8.74. The molecule has 0 amide bonds. The van der Waals surface area contributed by atoms with E-state index in [9.17, 15) is 13.2 Å². The van der Waals surface area contributed by atoms with E-state index < -0.39 is 10.0 Å². The van der Waals surface area contributed by atoms with Gasteiger partial charge < -0.3 is 14.5 Å². The summed E-state index contributed by atoms with van der Waals surface area (Å²) in [6.45, 7) is 8.10. The predicted molar refractivity (Wildman–Crippen MR) is 137 cm³/mol. The Morgan fingerprint density at radius 3 is 2.64 bits per heavy atom. The fourth-order valence-corrected chi connectivity index (χ4v) is 5.95. The lowest BCUT2D eigenvalue weighted by Crippen LogP contribution is -2.43. The predicted octanol–water partition coefficient (Wildman–Crippen LogP) is 1.63. The minimum atomic E-state index is -3.79. The molecule has 1 aliphatic rings. The molecule has 0 radical (unpaired) electrons. The molecule has 1 aliphatic heterocycles. The van der Waals surface area contributed by atoms with Crippen molar-refractivity contribution in [2.45, 2.75) is 31.6 Å². The molecule has 0 atom stereocenters. The molecule has 1 N–H and O–H groups in total. The van der Waals surface area contributed by atoms with E-state index in [-0.39, 0.29) is 16.3 Å². The SMILES string of the molecule is CCCc1nn(C)c2c(=O)[nH]c(-c3cc(S(=O)(=O)N(CC)CCN4CCOCC4)ccc3OC)nc12. The van der Waals surface area contributed by atoms with Crippen molar-refractivity contribution in [1.82, 2.24) is 29.0 Å². The highest BCUT2D eigenvalue weighted by molar-refractivity contribution is 7.89. The maximum Gasteiger partial charge on any atom is 0.277 e. The molecule has 1 fully saturated rings. The van der Waals surface area contributed by atoms with E-state index in [0.717, 1.165) is 25.2 Å². The van der Waals surface area contributed by atoms with Gasteiger partial charge in [0.15, 0.2) is 5.52 Å². The van der Waals surface area contributed by atoms with Crippen molar-refractivity contribution < 1.29 is 17.9 Å². The van der Waals surface area contributed by atoms with Crippen LogP contribution < -0.4 is 10.3 Å². The summed E-state index contributed by atoms with van der Waals surface area (Å²) in [5.41, 5.74) is 1.67. The Bertz CT molecular complexity index is 1380. The Hall–Kier alpha value is -2.80. The zero-order chi connectivity index (χ0) is 25.9. The van der Waals surface area contributed by atoms with Crippen LogP contribution in [0.3, 0.4) is 0 Å². The molecular weight excluding hydrogens is 484 g/mol. The van der Waals surface area contributed by atoms with Crippen molar-refractivity contribution in [2.75, 3.05) is 53.0 Å². The van der Waals surface area contributed by atoms with Crippen molar-refractivity contribution in [2.24, 2.45) is 7.05 Å². The van der Waals surface area contributed by atoms with Crippen LogP contribution in [0.1, 0.15) is 26.0 Å². The monoisotopic (exact) mass is 518 g/mol. The van der Waals surface area contributed by atoms with E-state index in [0.29, 0.717) is 61.6 Å². The molecule has 12 heteroatoms. The largest absolute Gasteiger partial charge is 0.496 e. The number of benzene rings is 1. The highest BCUT2D eigenvalue weighted by atomic mass is 32.2. The summed E-state index contributed by atoms with van der Waals surface area (Å²) in [6.07, 6.45) is 1.53. The molecule has 36 heavy (non-hydrogen) atoms. The number of aromatic amines is 1. The summed E-state index contributed by atoms with van der Waals surface area (Å²) < 4.78 is 41.0. The Morgan fingerprint density at radius 2 is 1.97 bits per heavy atom. The van der Waals surface area contributed by atoms with Gasteiger partial charge in [-0.2, -0.15) is 9.40 Å². The second-order valence-corrected chi connectivity index (χ2v) is 10.7. The molecule has 2 aromatic heterocycles. The van der Waals surface area contributed by atoms with Crippen LogP contribution in [0.15, 0.2) is 27.9 Å². The summed E-state index contributed by atoms with van der Waals surface area (Å²) in [7, 11) is -0.582. The van der Waals surface area contributed by atoms with Crippen LogP contribution in [0.5, 0.6) is 5.75 Å². The number of hydrogen-bond acceptors (Lipinski definition) is 8. The molecule has 196 valence electrons. The molecule has 11 nitrogen and oxygen atoms in total. The summed E-state index contributed by atoms with van der Waals surface area (Å²) in [5.74, 6) is 0.650. The minimum Gasteiger partial charge on any atom is -0.496 e.